The van der Waals surface area contributed by atoms with Gasteiger partial charge < -0.3 is 0 Å². The second kappa shape index (κ2) is 22.1. The zero-order valence-corrected chi connectivity index (χ0v) is 33.6. The molecule has 5 rings (SSSR count). The number of rotatable bonds is 5. The number of hydrogen-bond donors (Lipinski definition) is 0. The number of benzene rings is 3. The van der Waals surface area contributed by atoms with E-state index in [2.05, 4.69) is 79.3 Å². The molecule has 2 saturated carbocycles. The first kappa shape index (κ1) is 44.2. The maximum atomic E-state index is 13.7. The molecule has 1 nitrogen and oxygen atoms in total. The average molecular weight is 785 g/mol. The molecule has 2 fully saturated rings. The summed E-state index contributed by atoms with van der Waals surface area (Å²) in [5.74, 6) is 0.252. The van der Waals surface area contributed by atoms with Crippen molar-refractivity contribution in [2.75, 3.05) is 0 Å². The van der Waals surface area contributed by atoms with E-state index in [4.69, 9.17) is 5.26 Å². The maximum Gasteiger partial charge on any atom is 0 e. The molecule has 0 amide bonds. The van der Waals surface area contributed by atoms with Crippen molar-refractivity contribution in [3.8, 4) is 6.07 Å². The Morgan fingerprint density at radius 3 is 1.49 bits per heavy atom. The zero-order chi connectivity index (χ0) is 34.3. The van der Waals surface area contributed by atoms with E-state index in [-0.39, 0.29) is 46.9 Å². The van der Waals surface area contributed by atoms with Gasteiger partial charge in [-0.3, -0.25) is 0 Å². The molecule has 3 aromatic rings. The summed E-state index contributed by atoms with van der Waals surface area (Å²) >= 11 is 3.35. The van der Waals surface area contributed by atoms with Gasteiger partial charge in [-0.2, -0.15) is 35.6 Å². The van der Waals surface area contributed by atoms with Crippen LogP contribution in [0.2, 0.25) is 0 Å². The summed E-state index contributed by atoms with van der Waals surface area (Å²) in [4.78, 5) is 0. The van der Waals surface area contributed by atoms with Crippen LogP contribution in [0.3, 0.4) is 0 Å². The molecular formula is C39H52ClF2FeNNiP2-. The summed E-state index contributed by atoms with van der Waals surface area (Å²) < 4.78 is 27.4. The van der Waals surface area contributed by atoms with Crippen LogP contribution in [0, 0.1) is 34.9 Å². The first-order valence-electron chi connectivity index (χ1n) is 16.4. The molecule has 2 aliphatic rings. The quantitative estimate of drug-likeness (QED) is 0.144. The second-order valence-electron chi connectivity index (χ2n) is 14.1. The Bertz CT molecular complexity index is 1240. The normalized spacial score (nSPS) is 18.0. The van der Waals surface area contributed by atoms with Gasteiger partial charge in [-0.25, -0.2) is 8.78 Å². The summed E-state index contributed by atoms with van der Waals surface area (Å²) in [7, 11) is 3.37. The van der Waals surface area contributed by atoms with Crippen molar-refractivity contribution < 1.29 is 40.4 Å². The molecule has 2 unspecified atom stereocenters. The van der Waals surface area contributed by atoms with E-state index in [1.54, 1.807) is 48.5 Å². The van der Waals surface area contributed by atoms with Crippen LogP contribution in [0.5, 0.6) is 0 Å². The molecule has 0 heterocycles. The fourth-order valence-electron chi connectivity index (χ4n) is 7.35. The van der Waals surface area contributed by atoms with Crippen LogP contribution in [-0.2, 0) is 31.6 Å². The van der Waals surface area contributed by atoms with Gasteiger partial charge in [0.25, 0.3) is 0 Å². The van der Waals surface area contributed by atoms with Crippen molar-refractivity contribution in [2.45, 2.75) is 121 Å². The molecule has 0 bridgehead atoms. The van der Waals surface area contributed by atoms with Crippen molar-refractivity contribution in [1.29, 1.82) is 5.26 Å². The van der Waals surface area contributed by atoms with Crippen LogP contribution in [0.4, 0.5) is 8.78 Å². The standard InChI is InChI=1S/C27H38F2P2.C7H4N.C5H10.ClH.Fe.Ni/c1-19(31(26(2,3)4)27(5,6)7)24-9-8-10-25(24)30(22-15-11-20(28)12-16-22)23-17-13-21(29)14-18-23;8-6-7-4-2-1-3-5-7;1-2-4-5-3-1;;;/h11-19,24-25H,8-10H2,1-7H3;2-5H;1-5H2;1H;;/q;-1;;;;+1/p-1/t19-,24?,25?;;;;;/m1...../s1. The fourth-order valence-corrected chi connectivity index (χ4v) is 15.9. The Labute approximate surface area is 310 Å². The SMILES string of the molecule is C1CCCC1.C[C@H](C1CCCC1P(c1ccc(F)cc1)c1ccc(F)cc1)P(C(C)(C)C)C(C)(C)C.N#Cc1cc[c-]cc1.[Cl][Ni].[Fe]. The molecule has 0 aliphatic heterocycles. The minimum absolute atomic E-state index is 0. The molecule has 263 valence electrons. The molecule has 0 saturated heterocycles. The van der Waals surface area contributed by atoms with Gasteiger partial charge >= 0.3 is 24.8 Å². The number of nitriles is 1. The van der Waals surface area contributed by atoms with E-state index in [0.717, 1.165) is 0 Å². The third-order valence-electron chi connectivity index (χ3n) is 8.64. The van der Waals surface area contributed by atoms with Crippen LogP contribution in [0.15, 0.2) is 72.8 Å². The number of hydrogen-bond acceptors (Lipinski definition) is 1. The molecule has 0 radical (unpaired) electrons. The molecule has 2 aliphatic carbocycles. The van der Waals surface area contributed by atoms with E-state index in [1.807, 2.05) is 30.3 Å². The third-order valence-corrected chi connectivity index (χ3v) is 15.7. The van der Waals surface area contributed by atoms with Gasteiger partial charge in [0.05, 0.1) is 6.07 Å². The van der Waals surface area contributed by atoms with Crippen LogP contribution in [0.25, 0.3) is 0 Å². The Morgan fingerprint density at radius 2 is 1.15 bits per heavy atom. The number of nitrogens with zero attached hydrogens (tertiary/aromatic N) is 1. The Balaban J connectivity index is 0.000000566. The summed E-state index contributed by atoms with van der Waals surface area (Å²) in [6.45, 7) is 17.0. The van der Waals surface area contributed by atoms with Crippen molar-refractivity contribution in [3.63, 3.8) is 0 Å². The predicted octanol–water partition coefficient (Wildman–Crippen LogP) is 12.0. The van der Waals surface area contributed by atoms with E-state index in [9.17, 15) is 8.78 Å². The summed E-state index contributed by atoms with van der Waals surface area (Å²) in [5, 5.41) is 11.3. The smallest absolute Gasteiger partial charge is 0 e. The maximum absolute atomic E-state index is 13.7. The summed E-state index contributed by atoms with van der Waals surface area (Å²) in [6.07, 6.45) is 11.2. The van der Waals surface area contributed by atoms with Gasteiger partial charge in [0, 0.05) is 17.1 Å². The van der Waals surface area contributed by atoms with E-state index < -0.39 is 7.92 Å². The van der Waals surface area contributed by atoms with Crippen molar-refractivity contribution >= 4 is 36.6 Å². The van der Waals surface area contributed by atoms with Crippen molar-refractivity contribution in [3.05, 3.63) is 96.1 Å². The molecule has 47 heavy (non-hydrogen) atoms. The molecule has 0 spiro atoms. The van der Waals surface area contributed by atoms with Crippen molar-refractivity contribution in [2.24, 2.45) is 5.92 Å². The van der Waals surface area contributed by atoms with Gasteiger partial charge in [-0.05, 0) is 83.2 Å². The monoisotopic (exact) mass is 783 g/mol. The first-order valence-corrected chi connectivity index (χ1v) is 20.6. The van der Waals surface area contributed by atoms with Crippen LogP contribution in [0.1, 0.15) is 105 Å². The predicted molar refractivity (Wildman–Crippen MR) is 195 cm³/mol. The topological polar surface area (TPSA) is 23.8 Å². The molecule has 0 N–H and O–H groups in total. The minimum atomic E-state index is -0.668. The number of halogens is 3. The zero-order valence-electron chi connectivity index (χ0n) is 29.0. The average Bonchev–Trinajstić information content (AvgIpc) is 3.76. The molecule has 0 aromatic heterocycles. The Kier molecular flexibility index (Phi) is 20.8. The van der Waals surface area contributed by atoms with Gasteiger partial charge in [0.2, 0.25) is 0 Å². The van der Waals surface area contributed by atoms with Gasteiger partial charge in [0.1, 0.15) is 11.6 Å². The minimum Gasteiger partial charge on any atom is 0 e. The van der Waals surface area contributed by atoms with E-state index >= 15 is 0 Å². The van der Waals surface area contributed by atoms with Crippen molar-refractivity contribution in [1.82, 2.24) is 0 Å². The molecule has 3 atom stereocenters. The van der Waals surface area contributed by atoms with E-state index in [1.165, 1.54) is 62.0 Å². The van der Waals surface area contributed by atoms with Gasteiger partial charge in [-0.15, -0.1) is 0 Å². The van der Waals surface area contributed by atoms with Gasteiger partial charge in [0.15, 0.2) is 0 Å². The molecule has 3 aromatic carbocycles. The fraction of sp³-hybridized carbons (Fsp3) is 0.513. The largest absolute Gasteiger partial charge is 0 e. The van der Waals surface area contributed by atoms with Crippen LogP contribution in [-0.4, -0.2) is 21.6 Å². The molecular weight excluding hydrogens is 732 g/mol. The third kappa shape index (κ3) is 14.5. The summed E-state index contributed by atoms with van der Waals surface area (Å²) in [6, 6.07) is 25.9. The van der Waals surface area contributed by atoms with Crippen LogP contribution >= 0.6 is 26.0 Å². The van der Waals surface area contributed by atoms with Crippen LogP contribution < -0.4 is 10.6 Å². The van der Waals surface area contributed by atoms with E-state index in [0.29, 0.717) is 22.8 Å². The van der Waals surface area contributed by atoms with Gasteiger partial charge in [-0.1, -0.05) is 125 Å². The Hall–Kier alpha value is -0.827. The Morgan fingerprint density at radius 1 is 0.745 bits per heavy atom. The first-order chi connectivity index (χ1) is 21.8. The molecule has 8 heteroatoms. The summed E-state index contributed by atoms with van der Waals surface area (Å²) in [5.41, 5.74) is 1.88. The second-order valence-corrected chi connectivity index (χ2v) is 20.8.